The third kappa shape index (κ3) is 5.18. The van der Waals surface area contributed by atoms with Crippen molar-refractivity contribution in [2.75, 3.05) is 5.75 Å². The number of carbonyl (C=O) groups excluding carboxylic acids is 2. The molecule has 2 N–H and O–H groups in total. The molecule has 0 radical (unpaired) electrons. The van der Waals surface area contributed by atoms with E-state index in [4.69, 9.17) is 6.57 Å². The number of carbonyl (C=O) groups is 2. The van der Waals surface area contributed by atoms with Crippen LogP contribution in [0.25, 0.3) is 4.85 Å². The van der Waals surface area contributed by atoms with Crippen molar-refractivity contribution < 1.29 is 9.59 Å². The van der Waals surface area contributed by atoms with Crippen molar-refractivity contribution >= 4 is 29.3 Å². The zero-order valence-electron chi connectivity index (χ0n) is 17.4. The van der Waals surface area contributed by atoms with Gasteiger partial charge in [0.1, 0.15) is 5.78 Å². The van der Waals surface area contributed by atoms with Gasteiger partial charge in [-0.05, 0) is 55.9 Å². The van der Waals surface area contributed by atoms with Crippen LogP contribution in [0.3, 0.4) is 0 Å². The smallest absolute Gasteiger partial charge is 0.315 e. The van der Waals surface area contributed by atoms with Gasteiger partial charge in [-0.25, -0.2) is 9.64 Å². The van der Waals surface area contributed by atoms with Gasteiger partial charge in [-0.1, -0.05) is 30.7 Å². The first-order valence-electron chi connectivity index (χ1n) is 11.3. The van der Waals surface area contributed by atoms with Crippen LogP contribution in [0, 0.1) is 12.5 Å². The lowest BCUT2D eigenvalue weighted by Crippen LogP contribution is -2.36. The number of nitrogens with one attached hydrogen (secondary N) is 2. The quantitative estimate of drug-likeness (QED) is 0.342. The SMILES string of the molecule is [C-]#[N+]c1ccc(C2CCC(CC(=O)CCCC[C@@H]3SCC4NC(=O)NC43)CC2)cc1. The average Bonchev–Trinajstić information content (AvgIpc) is 3.31. The summed E-state index contributed by atoms with van der Waals surface area (Å²) in [5, 5.41) is 6.51. The molecule has 6 heteroatoms. The van der Waals surface area contributed by atoms with Gasteiger partial charge in [-0.2, -0.15) is 11.8 Å². The van der Waals surface area contributed by atoms with Crippen LogP contribution < -0.4 is 10.6 Å². The molecular formula is C24H31N3O2S. The molecule has 1 aromatic rings. The van der Waals surface area contributed by atoms with Crippen LogP contribution in [0.1, 0.15) is 69.3 Å². The van der Waals surface area contributed by atoms with Gasteiger partial charge in [0.2, 0.25) is 0 Å². The molecule has 3 atom stereocenters. The summed E-state index contributed by atoms with van der Waals surface area (Å²) in [5.74, 6) is 2.55. The summed E-state index contributed by atoms with van der Waals surface area (Å²) < 4.78 is 0. The van der Waals surface area contributed by atoms with Gasteiger partial charge in [-0.15, -0.1) is 0 Å². The third-order valence-corrected chi connectivity index (χ3v) is 8.50. The standard InChI is InChI=1S/C24H31N3O2S/c1-25-19-12-10-18(11-13-19)17-8-6-16(7-9-17)14-20(28)4-2-3-5-22-23-21(15-30-22)26-24(29)27-23/h10-13,16-17,21-23H,2-9,14-15H2,(H2,26,27,29)/t16?,17?,21?,22-,23?/m0/s1. The van der Waals surface area contributed by atoms with Gasteiger partial charge >= 0.3 is 6.03 Å². The molecule has 5 nitrogen and oxygen atoms in total. The Morgan fingerprint density at radius 3 is 2.60 bits per heavy atom. The van der Waals surface area contributed by atoms with Gasteiger partial charge in [0, 0.05) is 23.8 Å². The van der Waals surface area contributed by atoms with E-state index in [9.17, 15) is 9.59 Å². The van der Waals surface area contributed by atoms with Crippen LogP contribution in [-0.4, -0.2) is 34.9 Å². The highest BCUT2D eigenvalue weighted by Gasteiger charge is 2.42. The minimum absolute atomic E-state index is 0.0272. The molecule has 1 saturated carbocycles. The lowest BCUT2D eigenvalue weighted by Gasteiger charge is -2.28. The van der Waals surface area contributed by atoms with Crippen molar-refractivity contribution in [1.29, 1.82) is 0 Å². The predicted molar refractivity (Wildman–Crippen MR) is 121 cm³/mol. The Balaban J connectivity index is 1.11. The van der Waals surface area contributed by atoms with Crippen LogP contribution in [0.4, 0.5) is 10.5 Å². The minimum Gasteiger partial charge on any atom is -0.332 e. The van der Waals surface area contributed by atoms with Crippen LogP contribution in [0.5, 0.6) is 0 Å². The molecule has 0 bridgehead atoms. The number of ketones is 1. The van der Waals surface area contributed by atoms with Crippen molar-refractivity contribution in [3.05, 3.63) is 41.2 Å². The summed E-state index contributed by atoms with van der Waals surface area (Å²) in [7, 11) is 0. The molecule has 2 heterocycles. The second kappa shape index (κ2) is 9.87. The maximum Gasteiger partial charge on any atom is 0.315 e. The number of amides is 2. The maximum atomic E-state index is 12.5. The second-order valence-electron chi connectivity index (χ2n) is 9.03. The third-order valence-electron chi connectivity index (χ3n) is 6.99. The van der Waals surface area contributed by atoms with Crippen molar-refractivity contribution in [1.82, 2.24) is 10.6 Å². The van der Waals surface area contributed by atoms with Crippen molar-refractivity contribution in [3.8, 4) is 0 Å². The van der Waals surface area contributed by atoms with Crippen molar-refractivity contribution in [3.63, 3.8) is 0 Å². The molecule has 2 aliphatic heterocycles. The number of hydrogen-bond acceptors (Lipinski definition) is 3. The summed E-state index contributed by atoms with van der Waals surface area (Å²) in [5.41, 5.74) is 2.04. The Kier molecular flexibility index (Phi) is 6.99. The Morgan fingerprint density at radius 1 is 1.10 bits per heavy atom. The van der Waals surface area contributed by atoms with E-state index < -0.39 is 0 Å². The van der Waals surface area contributed by atoms with Crippen LogP contribution >= 0.6 is 11.8 Å². The Hall–Kier alpha value is -2.00. The number of Topliss-reactive ketones (excluding diaryl/α,β-unsaturated/α-hetero) is 1. The van der Waals surface area contributed by atoms with E-state index in [1.807, 2.05) is 23.9 Å². The first-order valence-corrected chi connectivity index (χ1v) is 12.3. The summed E-state index contributed by atoms with van der Waals surface area (Å²) in [4.78, 5) is 27.4. The van der Waals surface area contributed by atoms with Gasteiger partial charge in [0.25, 0.3) is 0 Å². The van der Waals surface area contributed by atoms with Gasteiger partial charge in [-0.3, -0.25) is 4.79 Å². The number of nitrogens with zero attached hydrogens (tertiary/aromatic N) is 1. The van der Waals surface area contributed by atoms with Crippen LogP contribution in [0.15, 0.2) is 24.3 Å². The lowest BCUT2D eigenvalue weighted by atomic mass is 9.77. The number of fused-ring (bicyclic) bond motifs is 1. The maximum absolute atomic E-state index is 12.5. The number of thioether (sulfide) groups is 1. The van der Waals surface area contributed by atoms with E-state index in [0.29, 0.717) is 35.0 Å². The number of benzene rings is 1. The van der Waals surface area contributed by atoms with Crippen LogP contribution in [-0.2, 0) is 4.79 Å². The summed E-state index contributed by atoms with van der Waals surface area (Å²) in [6.45, 7) is 7.06. The molecule has 0 spiro atoms. The van der Waals surface area contributed by atoms with E-state index >= 15 is 0 Å². The lowest BCUT2D eigenvalue weighted by molar-refractivity contribution is -0.120. The zero-order valence-corrected chi connectivity index (χ0v) is 18.3. The first-order chi connectivity index (χ1) is 14.6. The highest BCUT2D eigenvalue weighted by Crippen LogP contribution is 2.38. The molecule has 2 amide bonds. The molecule has 160 valence electrons. The van der Waals surface area contributed by atoms with Crippen molar-refractivity contribution in [2.24, 2.45) is 5.92 Å². The predicted octanol–water partition coefficient (Wildman–Crippen LogP) is 5.20. The van der Waals surface area contributed by atoms with E-state index in [2.05, 4.69) is 27.6 Å². The Labute approximate surface area is 183 Å². The van der Waals surface area contributed by atoms with Gasteiger partial charge < -0.3 is 10.6 Å². The number of rotatable bonds is 8. The second-order valence-corrected chi connectivity index (χ2v) is 10.3. The monoisotopic (exact) mass is 425 g/mol. The summed E-state index contributed by atoms with van der Waals surface area (Å²) in [6, 6.07) is 8.56. The highest BCUT2D eigenvalue weighted by atomic mass is 32.2. The molecule has 2 unspecified atom stereocenters. The molecule has 1 aliphatic carbocycles. The Bertz CT molecular complexity index is 796. The molecule has 0 aromatic heterocycles. The fourth-order valence-corrected chi connectivity index (χ4v) is 6.80. The molecule has 2 saturated heterocycles. The zero-order chi connectivity index (χ0) is 20.9. The van der Waals surface area contributed by atoms with Crippen molar-refractivity contribution in [2.45, 2.75) is 81.0 Å². The van der Waals surface area contributed by atoms with E-state index in [-0.39, 0.29) is 18.1 Å². The van der Waals surface area contributed by atoms with Gasteiger partial charge in [0.15, 0.2) is 5.69 Å². The highest BCUT2D eigenvalue weighted by molar-refractivity contribution is 8.00. The fraction of sp³-hybridized carbons (Fsp3) is 0.625. The molecule has 4 rings (SSSR count). The topological polar surface area (TPSA) is 62.6 Å². The van der Waals surface area contributed by atoms with Gasteiger partial charge in [0.05, 0.1) is 18.7 Å². The van der Waals surface area contributed by atoms with E-state index in [0.717, 1.165) is 57.1 Å². The number of urea groups is 1. The molecular weight excluding hydrogens is 394 g/mol. The van der Waals surface area contributed by atoms with Crippen LogP contribution in [0.2, 0.25) is 0 Å². The summed E-state index contributed by atoms with van der Waals surface area (Å²) >= 11 is 1.95. The number of hydrogen-bond donors (Lipinski definition) is 2. The van der Waals surface area contributed by atoms with E-state index in [1.54, 1.807) is 0 Å². The fourth-order valence-electron chi connectivity index (χ4n) is 5.26. The molecule has 3 fully saturated rings. The summed E-state index contributed by atoms with van der Waals surface area (Å²) in [6.07, 6.45) is 9.13. The molecule has 30 heavy (non-hydrogen) atoms. The largest absolute Gasteiger partial charge is 0.332 e. The minimum atomic E-state index is -0.0272. The molecule has 3 aliphatic rings. The first kappa shape index (κ1) is 21.2. The normalized spacial score (nSPS) is 30.2. The average molecular weight is 426 g/mol. The number of unbranched alkanes of at least 4 members (excludes halogenated alkanes) is 1. The Morgan fingerprint density at radius 2 is 1.87 bits per heavy atom. The molecule has 1 aromatic carbocycles. The van der Waals surface area contributed by atoms with E-state index in [1.165, 1.54) is 5.56 Å².